The van der Waals surface area contributed by atoms with E-state index in [9.17, 15) is 0 Å². The topological polar surface area (TPSA) is 21.3 Å². The highest BCUT2D eigenvalue weighted by Crippen LogP contribution is 2.23. The zero-order valence-electron chi connectivity index (χ0n) is 11.5. The molecule has 0 atom stereocenters. The molecule has 0 radical (unpaired) electrons. The molecule has 1 aromatic rings. The van der Waals surface area contributed by atoms with Crippen LogP contribution in [0.2, 0.25) is 0 Å². The van der Waals surface area contributed by atoms with Crippen molar-refractivity contribution >= 4 is 0 Å². The molecule has 1 fully saturated rings. The molecule has 0 aromatic heterocycles. The monoisotopic (exact) mass is 247 g/mol. The molecule has 0 amide bonds. The maximum absolute atomic E-state index is 6.07. The Kier molecular flexibility index (Phi) is 5.53. The smallest absolute Gasteiger partial charge is 0.119 e. The van der Waals surface area contributed by atoms with Gasteiger partial charge in [0.1, 0.15) is 5.75 Å². The van der Waals surface area contributed by atoms with Gasteiger partial charge in [0.25, 0.3) is 0 Å². The maximum Gasteiger partial charge on any atom is 0.119 e. The molecule has 1 aliphatic carbocycles. The summed E-state index contributed by atoms with van der Waals surface area (Å²) in [6.07, 6.45) is 8.28. The van der Waals surface area contributed by atoms with Crippen LogP contribution in [0, 0.1) is 0 Å². The third-order valence-corrected chi connectivity index (χ3v) is 3.61. The highest BCUT2D eigenvalue weighted by molar-refractivity contribution is 5.27. The van der Waals surface area contributed by atoms with Crippen molar-refractivity contribution in [1.29, 1.82) is 0 Å². The fourth-order valence-electron chi connectivity index (χ4n) is 2.51. The second kappa shape index (κ2) is 7.42. The molecule has 0 spiro atoms. The number of rotatable bonds is 5. The summed E-state index contributed by atoms with van der Waals surface area (Å²) in [5.74, 6) is 1.03. The van der Waals surface area contributed by atoms with E-state index in [4.69, 9.17) is 4.74 Å². The molecular formula is C16H25NO. The first-order valence-corrected chi connectivity index (χ1v) is 7.35. The lowest BCUT2D eigenvalue weighted by molar-refractivity contribution is 0.183. The molecule has 1 saturated carbocycles. The van der Waals surface area contributed by atoms with Gasteiger partial charge in [-0.15, -0.1) is 0 Å². The molecule has 2 rings (SSSR count). The van der Waals surface area contributed by atoms with Crippen molar-refractivity contribution in [3.63, 3.8) is 0 Å². The van der Waals surface area contributed by atoms with Crippen LogP contribution in [0.3, 0.4) is 0 Å². The first-order valence-electron chi connectivity index (χ1n) is 7.35. The SMILES string of the molecule is CCNCc1ccc(OC2CCCCCC2)cc1. The van der Waals surface area contributed by atoms with E-state index < -0.39 is 0 Å². The number of nitrogens with one attached hydrogen (secondary N) is 1. The number of benzene rings is 1. The highest BCUT2D eigenvalue weighted by Gasteiger charge is 2.13. The van der Waals surface area contributed by atoms with Crippen LogP contribution in [0.1, 0.15) is 51.0 Å². The predicted molar refractivity (Wildman–Crippen MR) is 75.9 cm³/mol. The third-order valence-electron chi connectivity index (χ3n) is 3.61. The summed E-state index contributed by atoms with van der Waals surface area (Å²) in [6.45, 7) is 4.09. The van der Waals surface area contributed by atoms with Gasteiger partial charge in [-0.25, -0.2) is 0 Å². The lowest BCUT2D eigenvalue weighted by Crippen LogP contribution is -2.15. The lowest BCUT2D eigenvalue weighted by Gasteiger charge is -2.17. The van der Waals surface area contributed by atoms with Crippen LogP contribution in [-0.4, -0.2) is 12.6 Å². The molecule has 0 bridgehead atoms. The standard InChI is InChI=1S/C16H25NO/c1-2-17-13-14-9-11-16(12-10-14)18-15-7-5-3-4-6-8-15/h9-12,15,17H,2-8,13H2,1H3. The molecule has 18 heavy (non-hydrogen) atoms. The van der Waals surface area contributed by atoms with Gasteiger partial charge in [0.05, 0.1) is 6.10 Å². The van der Waals surface area contributed by atoms with Gasteiger partial charge in [-0.1, -0.05) is 31.9 Å². The van der Waals surface area contributed by atoms with Crippen molar-refractivity contribution in [1.82, 2.24) is 5.32 Å². The van der Waals surface area contributed by atoms with Gasteiger partial charge in [0.15, 0.2) is 0 Å². The molecule has 1 N–H and O–H groups in total. The molecule has 2 heteroatoms. The second-order valence-corrected chi connectivity index (χ2v) is 5.16. The van der Waals surface area contributed by atoms with Crippen molar-refractivity contribution < 1.29 is 4.74 Å². The Balaban J connectivity index is 1.84. The van der Waals surface area contributed by atoms with Gasteiger partial charge in [0.2, 0.25) is 0 Å². The third kappa shape index (κ3) is 4.34. The molecular weight excluding hydrogens is 222 g/mol. The summed E-state index contributed by atoms with van der Waals surface area (Å²) in [4.78, 5) is 0. The van der Waals surface area contributed by atoms with Crippen LogP contribution in [0.15, 0.2) is 24.3 Å². The molecule has 0 aliphatic heterocycles. The predicted octanol–water partition coefficient (Wildman–Crippen LogP) is 3.90. The fraction of sp³-hybridized carbons (Fsp3) is 0.625. The largest absolute Gasteiger partial charge is 0.490 e. The number of hydrogen-bond acceptors (Lipinski definition) is 2. The van der Waals surface area contributed by atoms with Crippen LogP contribution >= 0.6 is 0 Å². The average molecular weight is 247 g/mol. The van der Waals surface area contributed by atoms with Crippen molar-refractivity contribution in [2.24, 2.45) is 0 Å². The van der Waals surface area contributed by atoms with E-state index in [2.05, 4.69) is 36.5 Å². The lowest BCUT2D eigenvalue weighted by atomic mass is 10.1. The van der Waals surface area contributed by atoms with Crippen molar-refractivity contribution in [2.45, 2.75) is 58.1 Å². The summed E-state index contributed by atoms with van der Waals surface area (Å²) in [6, 6.07) is 8.54. The van der Waals surface area contributed by atoms with E-state index in [0.717, 1.165) is 18.8 Å². The maximum atomic E-state index is 6.07. The van der Waals surface area contributed by atoms with E-state index >= 15 is 0 Å². The van der Waals surface area contributed by atoms with E-state index in [0.29, 0.717) is 6.10 Å². The van der Waals surface area contributed by atoms with E-state index in [1.165, 1.54) is 44.1 Å². The van der Waals surface area contributed by atoms with Gasteiger partial charge in [-0.05, 0) is 49.9 Å². The molecule has 2 nitrogen and oxygen atoms in total. The Morgan fingerprint density at radius 2 is 1.72 bits per heavy atom. The minimum Gasteiger partial charge on any atom is -0.490 e. The fourth-order valence-corrected chi connectivity index (χ4v) is 2.51. The van der Waals surface area contributed by atoms with E-state index in [1.807, 2.05) is 0 Å². The van der Waals surface area contributed by atoms with Crippen LogP contribution in [0.4, 0.5) is 0 Å². The Morgan fingerprint density at radius 3 is 2.33 bits per heavy atom. The van der Waals surface area contributed by atoms with Crippen LogP contribution in [0.5, 0.6) is 5.75 Å². The van der Waals surface area contributed by atoms with Gasteiger partial charge in [-0.2, -0.15) is 0 Å². The van der Waals surface area contributed by atoms with Gasteiger partial charge in [0, 0.05) is 6.54 Å². The van der Waals surface area contributed by atoms with E-state index in [1.54, 1.807) is 0 Å². The van der Waals surface area contributed by atoms with Crippen LogP contribution in [0.25, 0.3) is 0 Å². The quantitative estimate of drug-likeness (QED) is 0.797. The molecule has 0 heterocycles. The number of hydrogen-bond donors (Lipinski definition) is 1. The molecule has 100 valence electrons. The van der Waals surface area contributed by atoms with Crippen molar-refractivity contribution in [3.8, 4) is 5.75 Å². The molecule has 1 aromatic carbocycles. The van der Waals surface area contributed by atoms with Crippen molar-refractivity contribution in [2.75, 3.05) is 6.54 Å². The number of ether oxygens (including phenoxy) is 1. The summed E-state index contributed by atoms with van der Waals surface area (Å²) in [5, 5.41) is 3.33. The summed E-state index contributed by atoms with van der Waals surface area (Å²) in [5.41, 5.74) is 1.32. The minimum atomic E-state index is 0.437. The second-order valence-electron chi connectivity index (χ2n) is 5.16. The highest BCUT2D eigenvalue weighted by atomic mass is 16.5. The Morgan fingerprint density at radius 1 is 1.06 bits per heavy atom. The summed E-state index contributed by atoms with van der Waals surface area (Å²) >= 11 is 0. The molecule has 0 saturated heterocycles. The van der Waals surface area contributed by atoms with Gasteiger partial charge >= 0.3 is 0 Å². The summed E-state index contributed by atoms with van der Waals surface area (Å²) in [7, 11) is 0. The average Bonchev–Trinajstić information content (AvgIpc) is 2.67. The Bertz CT molecular complexity index is 325. The zero-order valence-corrected chi connectivity index (χ0v) is 11.5. The molecule has 1 aliphatic rings. The summed E-state index contributed by atoms with van der Waals surface area (Å²) < 4.78 is 6.07. The van der Waals surface area contributed by atoms with Crippen LogP contribution in [-0.2, 0) is 6.54 Å². The first-order chi connectivity index (χ1) is 8.88. The molecule has 0 unspecified atom stereocenters. The van der Waals surface area contributed by atoms with Crippen molar-refractivity contribution in [3.05, 3.63) is 29.8 Å². The van der Waals surface area contributed by atoms with Gasteiger partial charge in [-0.3, -0.25) is 0 Å². The Hall–Kier alpha value is -1.02. The zero-order chi connectivity index (χ0) is 12.6. The Labute approximate surface area is 111 Å². The normalized spacial score (nSPS) is 17.4. The minimum absolute atomic E-state index is 0.437. The first kappa shape index (κ1) is 13.4. The van der Waals surface area contributed by atoms with E-state index in [-0.39, 0.29) is 0 Å². The van der Waals surface area contributed by atoms with Crippen LogP contribution < -0.4 is 10.1 Å². The van der Waals surface area contributed by atoms with Gasteiger partial charge < -0.3 is 10.1 Å².